The van der Waals surface area contributed by atoms with Gasteiger partial charge in [-0.05, 0) is 29.8 Å². The van der Waals surface area contributed by atoms with E-state index in [1.54, 1.807) is 7.11 Å². The van der Waals surface area contributed by atoms with Crippen LogP contribution in [-0.4, -0.2) is 13.7 Å². The largest absolute Gasteiger partial charge is 0.497 e. The number of ether oxygens (including phenoxy) is 1. The first-order valence-electron chi connectivity index (χ1n) is 9.06. The first-order valence-corrected chi connectivity index (χ1v) is 9.06. The molecule has 0 saturated heterocycles. The minimum absolute atomic E-state index is 0.904. The van der Waals surface area contributed by atoms with Gasteiger partial charge in [-0.3, -0.25) is 4.90 Å². The van der Waals surface area contributed by atoms with Crippen LogP contribution in [0.5, 0.6) is 5.75 Å². The van der Waals surface area contributed by atoms with Gasteiger partial charge in [0.15, 0.2) is 0 Å². The van der Waals surface area contributed by atoms with E-state index in [9.17, 15) is 0 Å². The smallest absolute Gasteiger partial charge is 0.285 e. The molecule has 1 aliphatic heterocycles. The maximum atomic E-state index is 5.28. The van der Waals surface area contributed by atoms with Crippen LogP contribution in [0.3, 0.4) is 0 Å². The van der Waals surface area contributed by atoms with E-state index in [1.807, 2.05) is 12.1 Å². The number of anilines is 1. The maximum Gasteiger partial charge on any atom is 0.285 e. The summed E-state index contributed by atoms with van der Waals surface area (Å²) in [5.74, 6) is 2.23. The Balaban J connectivity index is 1.66. The highest BCUT2D eigenvalue weighted by molar-refractivity contribution is 6.08. The fraction of sp³-hybridized carbons (Fsp3) is 0.174. The van der Waals surface area contributed by atoms with Crippen molar-refractivity contribution < 1.29 is 9.30 Å². The van der Waals surface area contributed by atoms with Crippen LogP contribution >= 0.6 is 0 Å². The third-order valence-electron chi connectivity index (χ3n) is 5.33. The molecule has 0 aliphatic carbocycles. The summed E-state index contributed by atoms with van der Waals surface area (Å²) in [4.78, 5) is 2.50. The highest BCUT2D eigenvalue weighted by Gasteiger charge is 2.32. The number of hydrogen-bond donors (Lipinski definition) is 0. The molecular weight excluding hydrogens is 320 g/mol. The Morgan fingerprint density at radius 2 is 1.54 bits per heavy atom. The van der Waals surface area contributed by atoms with Crippen LogP contribution in [0.1, 0.15) is 5.56 Å². The number of fused-ring (bicyclic) bond motifs is 6. The lowest BCUT2D eigenvalue weighted by Gasteiger charge is -2.14. The Bertz CT molecular complexity index is 1100. The van der Waals surface area contributed by atoms with E-state index in [0.717, 1.165) is 25.4 Å². The van der Waals surface area contributed by atoms with E-state index in [1.165, 1.54) is 33.1 Å². The van der Waals surface area contributed by atoms with Crippen molar-refractivity contribution in [2.24, 2.45) is 0 Å². The lowest BCUT2D eigenvalue weighted by Crippen LogP contribution is -2.32. The molecular formula is C23H21N2O+. The van der Waals surface area contributed by atoms with Crippen LogP contribution in [0.15, 0.2) is 72.8 Å². The second-order valence-electron chi connectivity index (χ2n) is 6.81. The predicted octanol–water partition coefficient (Wildman–Crippen LogP) is 4.31. The molecule has 4 aromatic rings. The number of rotatable bonds is 3. The third kappa shape index (κ3) is 2.31. The van der Waals surface area contributed by atoms with Crippen molar-refractivity contribution in [2.75, 3.05) is 18.6 Å². The second-order valence-corrected chi connectivity index (χ2v) is 6.81. The Morgan fingerprint density at radius 1 is 0.846 bits per heavy atom. The molecule has 0 unspecified atom stereocenters. The number of aromatic nitrogens is 1. The van der Waals surface area contributed by atoms with Crippen molar-refractivity contribution in [2.45, 2.75) is 13.1 Å². The molecule has 3 nitrogen and oxygen atoms in total. The minimum atomic E-state index is 0.904. The molecule has 0 spiro atoms. The fourth-order valence-corrected chi connectivity index (χ4v) is 4.11. The molecule has 1 aliphatic rings. The quantitative estimate of drug-likeness (QED) is 0.408. The first kappa shape index (κ1) is 15.2. The maximum absolute atomic E-state index is 5.28. The van der Waals surface area contributed by atoms with Crippen molar-refractivity contribution in [3.05, 3.63) is 78.4 Å². The Kier molecular flexibility index (Phi) is 3.52. The van der Waals surface area contributed by atoms with Crippen molar-refractivity contribution in [1.29, 1.82) is 0 Å². The van der Waals surface area contributed by atoms with E-state index >= 15 is 0 Å². The number of hydrogen-bond acceptors (Lipinski definition) is 2. The molecule has 0 atom stereocenters. The summed E-state index contributed by atoms with van der Waals surface area (Å²) in [6.07, 6.45) is 0. The number of nitrogens with zero attached hydrogens (tertiary/aromatic N) is 2. The summed E-state index contributed by atoms with van der Waals surface area (Å²) in [6, 6.07) is 25.9. The molecule has 5 rings (SSSR count). The predicted molar refractivity (Wildman–Crippen MR) is 106 cm³/mol. The van der Waals surface area contributed by atoms with Crippen LogP contribution in [0.2, 0.25) is 0 Å². The number of methoxy groups -OCH3 is 1. The molecule has 0 radical (unpaired) electrons. The molecule has 3 aromatic carbocycles. The normalized spacial score (nSPS) is 13.3. The number of benzene rings is 3. The van der Waals surface area contributed by atoms with Gasteiger partial charge in [-0.15, -0.1) is 0 Å². The molecule has 26 heavy (non-hydrogen) atoms. The van der Waals surface area contributed by atoms with Gasteiger partial charge in [-0.1, -0.05) is 48.5 Å². The number of pyridine rings is 1. The zero-order chi connectivity index (χ0) is 17.5. The highest BCUT2D eigenvalue weighted by Crippen LogP contribution is 2.33. The van der Waals surface area contributed by atoms with E-state index in [-0.39, 0.29) is 0 Å². The van der Waals surface area contributed by atoms with E-state index in [4.69, 9.17) is 4.74 Å². The average molecular weight is 341 g/mol. The minimum Gasteiger partial charge on any atom is -0.497 e. The summed E-state index contributed by atoms with van der Waals surface area (Å²) >= 11 is 0. The van der Waals surface area contributed by atoms with Gasteiger partial charge in [0.2, 0.25) is 0 Å². The van der Waals surface area contributed by atoms with Gasteiger partial charge < -0.3 is 4.74 Å². The standard InChI is InChI=1S/C23H21N2O/c1-26-18-12-10-17(11-13-18)16-24-14-15-25-22-9-5-4-7-20(22)19-6-2-3-8-21(19)23(24)25/h2-13H,14-16H2,1H3/q+1. The van der Waals surface area contributed by atoms with Crippen LogP contribution in [0.4, 0.5) is 5.82 Å². The van der Waals surface area contributed by atoms with Gasteiger partial charge in [0.1, 0.15) is 30.9 Å². The van der Waals surface area contributed by atoms with Crippen LogP contribution in [0.25, 0.3) is 21.7 Å². The van der Waals surface area contributed by atoms with Gasteiger partial charge in [-0.2, -0.15) is 0 Å². The van der Waals surface area contributed by atoms with Gasteiger partial charge in [0.25, 0.3) is 5.82 Å². The second kappa shape index (κ2) is 6.03. The Labute approximate surface area is 153 Å². The van der Waals surface area contributed by atoms with Crippen LogP contribution in [-0.2, 0) is 13.1 Å². The number of para-hydroxylation sites is 1. The van der Waals surface area contributed by atoms with Gasteiger partial charge in [0.05, 0.1) is 12.5 Å². The zero-order valence-electron chi connectivity index (χ0n) is 14.9. The molecule has 3 heteroatoms. The molecule has 0 amide bonds. The lowest BCUT2D eigenvalue weighted by atomic mass is 10.1. The van der Waals surface area contributed by atoms with Crippen molar-refractivity contribution in [1.82, 2.24) is 0 Å². The third-order valence-corrected chi connectivity index (χ3v) is 5.33. The summed E-state index contributed by atoms with van der Waals surface area (Å²) < 4.78 is 7.76. The summed E-state index contributed by atoms with van der Waals surface area (Å²) in [6.45, 7) is 2.97. The van der Waals surface area contributed by atoms with E-state index in [2.05, 4.69) is 70.1 Å². The monoisotopic (exact) mass is 341 g/mol. The fourth-order valence-electron chi connectivity index (χ4n) is 4.11. The molecule has 0 bridgehead atoms. The summed E-state index contributed by atoms with van der Waals surface area (Å²) in [7, 11) is 1.71. The van der Waals surface area contributed by atoms with Crippen LogP contribution in [0, 0.1) is 0 Å². The Hall–Kier alpha value is -3.07. The SMILES string of the molecule is COc1ccc(CN2CC[n+]3c2c2ccccc2c2ccccc23)cc1. The van der Waals surface area contributed by atoms with Gasteiger partial charge in [0, 0.05) is 10.8 Å². The van der Waals surface area contributed by atoms with Crippen LogP contribution < -0.4 is 14.2 Å². The first-order chi connectivity index (χ1) is 12.8. The highest BCUT2D eigenvalue weighted by atomic mass is 16.5. The molecule has 0 saturated carbocycles. The van der Waals surface area contributed by atoms with E-state index in [0.29, 0.717) is 0 Å². The molecule has 1 aromatic heterocycles. The van der Waals surface area contributed by atoms with Crippen molar-refractivity contribution in [3.63, 3.8) is 0 Å². The lowest BCUT2D eigenvalue weighted by molar-refractivity contribution is -0.643. The summed E-state index contributed by atoms with van der Waals surface area (Å²) in [5.41, 5.74) is 2.62. The molecule has 128 valence electrons. The molecule has 2 heterocycles. The average Bonchev–Trinajstić information content (AvgIpc) is 3.13. The zero-order valence-corrected chi connectivity index (χ0v) is 14.9. The van der Waals surface area contributed by atoms with Crippen molar-refractivity contribution in [3.8, 4) is 5.75 Å². The summed E-state index contributed by atoms with van der Waals surface area (Å²) in [5, 5.41) is 3.99. The Morgan fingerprint density at radius 3 is 2.31 bits per heavy atom. The topological polar surface area (TPSA) is 16.4 Å². The van der Waals surface area contributed by atoms with Gasteiger partial charge >= 0.3 is 0 Å². The molecule has 0 N–H and O–H groups in total. The molecule has 0 fully saturated rings. The van der Waals surface area contributed by atoms with Gasteiger partial charge in [-0.25, -0.2) is 4.57 Å². The van der Waals surface area contributed by atoms with E-state index < -0.39 is 0 Å². The van der Waals surface area contributed by atoms with Crippen molar-refractivity contribution >= 4 is 27.5 Å².